The predicted molar refractivity (Wildman–Crippen MR) is 69.1 cm³/mol. The van der Waals surface area contributed by atoms with Gasteiger partial charge in [0, 0.05) is 11.6 Å². The molecule has 4 nitrogen and oxygen atoms in total. The van der Waals surface area contributed by atoms with Crippen LogP contribution in [-0.4, -0.2) is 16.2 Å². The Morgan fingerprint density at radius 3 is 2.67 bits per heavy atom. The van der Waals surface area contributed by atoms with Gasteiger partial charge in [-0.15, -0.1) is 0 Å². The summed E-state index contributed by atoms with van der Waals surface area (Å²) >= 11 is 0. The number of hydrogen-bond donors (Lipinski definition) is 1. The Bertz CT molecular complexity index is 538. The normalized spacial score (nSPS) is 15.0. The molecule has 0 amide bonds. The molecule has 0 spiro atoms. The molecular weight excluding hydrogens is 226 g/mol. The zero-order valence-electron chi connectivity index (χ0n) is 10.7. The van der Waals surface area contributed by atoms with Gasteiger partial charge in [0.25, 0.3) is 5.89 Å². The minimum atomic E-state index is 0.623. The molecule has 1 aliphatic rings. The molecule has 0 aliphatic heterocycles. The van der Waals surface area contributed by atoms with Gasteiger partial charge in [0.1, 0.15) is 0 Å². The SMILES string of the molecule is Cc1cccc(C)c1-c1nc(CNC2CC2)no1. The van der Waals surface area contributed by atoms with Gasteiger partial charge in [-0.05, 0) is 37.8 Å². The fourth-order valence-corrected chi connectivity index (χ4v) is 2.10. The quantitative estimate of drug-likeness (QED) is 0.896. The van der Waals surface area contributed by atoms with Crippen LogP contribution in [0.3, 0.4) is 0 Å². The van der Waals surface area contributed by atoms with E-state index in [1.54, 1.807) is 0 Å². The zero-order chi connectivity index (χ0) is 12.5. The number of rotatable bonds is 4. The highest BCUT2D eigenvalue weighted by Gasteiger charge is 2.21. The summed E-state index contributed by atoms with van der Waals surface area (Å²) in [5.41, 5.74) is 3.39. The van der Waals surface area contributed by atoms with Gasteiger partial charge >= 0.3 is 0 Å². The highest BCUT2D eigenvalue weighted by molar-refractivity contribution is 5.62. The molecule has 18 heavy (non-hydrogen) atoms. The molecule has 1 saturated carbocycles. The van der Waals surface area contributed by atoms with Crippen molar-refractivity contribution in [3.8, 4) is 11.5 Å². The van der Waals surface area contributed by atoms with Crippen molar-refractivity contribution < 1.29 is 4.52 Å². The lowest BCUT2D eigenvalue weighted by Gasteiger charge is -2.03. The molecule has 1 aromatic heterocycles. The van der Waals surface area contributed by atoms with Crippen LogP contribution in [0.15, 0.2) is 22.7 Å². The van der Waals surface area contributed by atoms with Crippen molar-refractivity contribution in [2.45, 2.75) is 39.3 Å². The van der Waals surface area contributed by atoms with E-state index in [2.05, 4.69) is 41.4 Å². The summed E-state index contributed by atoms with van der Waals surface area (Å²) < 4.78 is 5.36. The molecule has 1 aliphatic carbocycles. The number of nitrogens with one attached hydrogen (secondary N) is 1. The molecule has 3 rings (SSSR count). The van der Waals surface area contributed by atoms with Crippen molar-refractivity contribution in [2.24, 2.45) is 0 Å². The average molecular weight is 243 g/mol. The summed E-state index contributed by atoms with van der Waals surface area (Å²) in [6.45, 7) is 4.82. The fraction of sp³-hybridized carbons (Fsp3) is 0.429. The van der Waals surface area contributed by atoms with Gasteiger partial charge in [0.15, 0.2) is 5.82 Å². The second-order valence-corrected chi connectivity index (χ2v) is 4.94. The average Bonchev–Trinajstić information content (AvgIpc) is 3.06. The lowest BCUT2D eigenvalue weighted by atomic mass is 10.0. The van der Waals surface area contributed by atoms with E-state index in [9.17, 15) is 0 Å². The first-order chi connectivity index (χ1) is 8.74. The van der Waals surface area contributed by atoms with E-state index in [1.807, 2.05) is 6.07 Å². The molecule has 4 heteroatoms. The topological polar surface area (TPSA) is 51.0 Å². The largest absolute Gasteiger partial charge is 0.334 e. The molecule has 1 N–H and O–H groups in total. The Hall–Kier alpha value is -1.68. The number of hydrogen-bond acceptors (Lipinski definition) is 4. The highest BCUT2D eigenvalue weighted by atomic mass is 16.5. The van der Waals surface area contributed by atoms with Crippen LogP contribution < -0.4 is 5.32 Å². The number of nitrogens with zero attached hydrogens (tertiary/aromatic N) is 2. The lowest BCUT2D eigenvalue weighted by Crippen LogP contribution is -2.16. The van der Waals surface area contributed by atoms with Crippen LogP contribution in [0, 0.1) is 13.8 Å². The molecule has 0 radical (unpaired) electrons. The van der Waals surface area contributed by atoms with Crippen LogP contribution in [0.2, 0.25) is 0 Å². The first-order valence-electron chi connectivity index (χ1n) is 6.36. The van der Waals surface area contributed by atoms with Gasteiger partial charge < -0.3 is 9.84 Å². The van der Waals surface area contributed by atoms with Gasteiger partial charge in [-0.3, -0.25) is 0 Å². The van der Waals surface area contributed by atoms with Crippen LogP contribution in [0.25, 0.3) is 11.5 Å². The van der Waals surface area contributed by atoms with Crippen molar-refractivity contribution >= 4 is 0 Å². The monoisotopic (exact) mass is 243 g/mol. The van der Waals surface area contributed by atoms with E-state index in [-0.39, 0.29) is 0 Å². The van der Waals surface area contributed by atoms with E-state index in [1.165, 1.54) is 24.0 Å². The van der Waals surface area contributed by atoms with Gasteiger partial charge in [-0.25, -0.2) is 0 Å². The second-order valence-electron chi connectivity index (χ2n) is 4.94. The molecule has 2 aromatic rings. The minimum Gasteiger partial charge on any atom is -0.334 e. The van der Waals surface area contributed by atoms with Gasteiger partial charge in [0.05, 0.1) is 6.54 Å². The summed E-state index contributed by atoms with van der Waals surface area (Å²) in [7, 11) is 0. The third kappa shape index (κ3) is 2.29. The third-order valence-electron chi connectivity index (χ3n) is 3.29. The summed E-state index contributed by atoms with van der Waals surface area (Å²) in [6, 6.07) is 6.83. The van der Waals surface area contributed by atoms with Crippen molar-refractivity contribution in [1.82, 2.24) is 15.5 Å². The molecular formula is C14H17N3O. The van der Waals surface area contributed by atoms with Crippen LogP contribution in [0.5, 0.6) is 0 Å². The first kappa shape index (κ1) is 11.4. The molecule has 1 aromatic carbocycles. The smallest absolute Gasteiger partial charge is 0.258 e. The number of benzene rings is 1. The second kappa shape index (κ2) is 4.53. The van der Waals surface area contributed by atoms with Gasteiger partial charge in [0.2, 0.25) is 0 Å². The summed E-state index contributed by atoms with van der Waals surface area (Å²) in [5.74, 6) is 1.36. The Kier molecular flexibility index (Phi) is 2.88. The Morgan fingerprint density at radius 2 is 2.00 bits per heavy atom. The zero-order valence-corrected chi connectivity index (χ0v) is 10.7. The Balaban J connectivity index is 1.83. The summed E-state index contributed by atoms with van der Waals surface area (Å²) in [4.78, 5) is 4.46. The minimum absolute atomic E-state index is 0.623. The first-order valence-corrected chi connectivity index (χ1v) is 6.36. The van der Waals surface area contributed by atoms with Crippen molar-refractivity contribution in [1.29, 1.82) is 0 Å². The van der Waals surface area contributed by atoms with Gasteiger partial charge in [-0.1, -0.05) is 23.4 Å². The Labute approximate surface area is 106 Å². The predicted octanol–water partition coefficient (Wildman–Crippen LogP) is 2.61. The van der Waals surface area contributed by atoms with Crippen LogP contribution >= 0.6 is 0 Å². The maximum atomic E-state index is 5.36. The lowest BCUT2D eigenvalue weighted by molar-refractivity contribution is 0.419. The highest BCUT2D eigenvalue weighted by Crippen LogP contribution is 2.25. The van der Waals surface area contributed by atoms with Crippen molar-refractivity contribution in [3.63, 3.8) is 0 Å². The molecule has 1 fully saturated rings. The van der Waals surface area contributed by atoms with Gasteiger partial charge in [-0.2, -0.15) is 4.98 Å². The van der Waals surface area contributed by atoms with E-state index >= 15 is 0 Å². The van der Waals surface area contributed by atoms with Crippen LogP contribution in [0.1, 0.15) is 29.8 Å². The fourth-order valence-electron chi connectivity index (χ4n) is 2.10. The van der Waals surface area contributed by atoms with E-state index in [0.717, 1.165) is 11.4 Å². The van der Waals surface area contributed by atoms with E-state index < -0.39 is 0 Å². The summed E-state index contributed by atoms with van der Waals surface area (Å²) in [5, 5.41) is 7.41. The maximum absolute atomic E-state index is 5.36. The standard InChI is InChI=1S/C14H17N3O/c1-9-4-3-5-10(2)13(9)14-16-12(17-18-14)8-15-11-6-7-11/h3-5,11,15H,6-8H2,1-2H3. The molecule has 0 bridgehead atoms. The van der Waals surface area contributed by atoms with Crippen LogP contribution in [0.4, 0.5) is 0 Å². The molecule has 0 atom stereocenters. The van der Waals surface area contributed by atoms with E-state index in [4.69, 9.17) is 4.52 Å². The van der Waals surface area contributed by atoms with Crippen molar-refractivity contribution in [3.05, 3.63) is 35.2 Å². The molecule has 1 heterocycles. The molecule has 94 valence electrons. The van der Waals surface area contributed by atoms with Crippen LogP contribution in [-0.2, 0) is 6.54 Å². The van der Waals surface area contributed by atoms with Crippen molar-refractivity contribution in [2.75, 3.05) is 0 Å². The number of aromatic nitrogens is 2. The summed E-state index contributed by atoms with van der Waals surface area (Å²) in [6.07, 6.45) is 2.53. The molecule has 0 unspecified atom stereocenters. The molecule has 0 saturated heterocycles. The Morgan fingerprint density at radius 1 is 1.28 bits per heavy atom. The number of aryl methyl sites for hydroxylation is 2. The van der Waals surface area contributed by atoms with E-state index in [0.29, 0.717) is 18.5 Å². The maximum Gasteiger partial charge on any atom is 0.258 e. The third-order valence-corrected chi connectivity index (χ3v) is 3.29.